The molecule has 1 aromatic carbocycles. The van der Waals surface area contributed by atoms with Crippen molar-refractivity contribution in [2.24, 2.45) is 0 Å². The molecule has 1 aliphatic carbocycles. The average Bonchev–Trinajstić information content (AvgIpc) is 3.00. The quantitative estimate of drug-likeness (QED) is 0.791. The van der Waals surface area contributed by atoms with Gasteiger partial charge in [0, 0.05) is 23.7 Å². The fourth-order valence-corrected chi connectivity index (χ4v) is 2.59. The third-order valence-electron chi connectivity index (χ3n) is 3.92. The number of carbonyl (C=O) groups excluding carboxylic acids is 2. The van der Waals surface area contributed by atoms with E-state index in [1.54, 1.807) is 24.3 Å². The van der Waals surface area contributed by atoms with Crippen molar-refractivity contribution in [2.75, 3.05) is 6.54 Å². The van der Waals surface area contributed by atoms with Gasteiger partial charge in [-0.05, 0) is 43.5 Å². The van der Waals surface area contributed by atoms with Crippen LogP contribution in [0.2, 0.25) is 0 Å². The molecule has 2 rings (SSSR count). The lowest BCUT2D eigenvalue weighted by molar-refractivity contribution is 0.0931. The van der Waals surface area contributed by atoms with Crippen LogP contribution in [-0.2, 0) is 0 Å². The van der Waals surface area contributed by atoms with Crippen LogP contribution in [0.1, 0.15) is 66.2 Å². The fraction of sp³-hybridized carbons (Fsp3) is 0.529. The predicted molar refractivity (Wildman–Crippen MR) is 83.4 cm³/mol. The molecule has 0 radical (unpaired) electrons. The minimum absolute atomic E-state index is 0.0418. The van der Waals surface area contributed by atoms with Crippen molar-refractivity contribution in [3.8, 4) is 0 Å². The molecule has 1 aromatic rings. The Bertz CT molecular complexity index is 476. The van der Waals surface area contributed by atoms with Gasteiger partial charge in [0.05, 0.1) is 0 Å². The number of nitrogens with one attached hydrogen (secondary N) is 2. The Morgan fingerprint density at radius 3 is 2.19 bits per heavy atom. The summed E-state index contributed by atoms with van der Waals surface area (Å²) in [6, 6.07) is 7.18. The van der Waals surface area contributed by atoms with E-state index in [4.69, 9.17) is 0 Å². The number of rotatable bonds is 6. The topological polar surface area (TPSA) is 58.2 Å². The summed E-state index contributed by atoms with van der Waals surface area (Å²) in [5.74, 6) is -0.119. The van der Waals surface area contributed by atoms with Gasteiger partial charge in [-0.1, -0.05) is 26.2 Å². The molecule has 0 heterocycles. The second-order valence-electron chi connectivity index (χ2n) is 5.64. The van der Waals surface area contributed by atoms with Gasteiger partial charge in [0.15, 0.2) is 0 Å². The Hall–Kier alpha value is -1.84. The summed E-state index contributed by atoms with van der Waals surface area (Å²) >= 11 is 0. The van der Waals surface area contributed by atoms with Crippen LogP contribution in [0.4, 0.5) is 0 Å². The third-order valence-corrected chi connectivity index (χ3v) is 3.92. The van der Waals surface area contributed by atoms with Crippen molar-refractivity contribution in [2.45, 2.75) is 51.5 Å². The largest absolute Gasteiger partial charge is 0.352 e. The molecule has 0 spiro atoms. The van der Waals surface area contributed by atoms with Gasteiger partial charge in [0.1, 0.15) is 0 Å². The highest BCUT2D eigenvalue weighted by molar-refractivity contribution is 5.97. The van der Waals surface area contributed by atoms with Gasteiger partial charge < -0.3 is 10.6 Å². The monoisotopic (exact) mass is 288 g/mol. The van der Waals surface area contributed by atoms with Gasteiger partial charge in [0.25, 0.3) is 11.8 Å². The fourth-order valence-electron chi connectivity index (χ4n) is 2.59. The van der Waals surface area contributed by atoms with E-state index < -0.39 is 0 Å². The van der Waals surface area contributed by atoms with Crippen molar-refractivity contribution >= 4 is 11.8 Å². The lowest BCUT2D eigenvalue weighted by atomic mass is 10.1. The molecule has 0 aliphatic heterocycles. The Morgan fingerprint density at radius 1 is 1.05 bits per heavy atom. The molecule has 21 heavy (non-hydrogen) atoms. The van der Waals surface area contributed by atoms with Crippen LogP contribution in [0.25, 0.3) is 0 Å². The number of carbonyl (C=O) groups is 2. The summed E-state index contributed by atoms with van der Waals surface area (Å²) in [6.45, 7) is 2.78. The molecule has 1 fully saturated rings. The molecule has 0 bridgehead atoms. The number of hydrogen-bond acceptors (Lipinski definition) is 2. The van der Waals surface area contributed by atoms with Crippen molar-refractivity contribution < 1.29 is 9.59 Å². The van der Waals surface area contributed by atoms with E-state index in [9.17, 15) is 9.59 Å². The zero-order valence-electron chi connectivity index (χ0n) is 12.7. The molecule has 2 N–H and O–H groups in total. The molecule has 0 unspecified atom stereocenters. The maximum Gasteiger partial charge on any atom is 0.251 e. The first-order valence-electron chi connectivity index (χ1n) is 7.90. The summed E-state index contributed by atoms with van der Waals surface area (Å²) < 4.78 is 0. The first-order valence-corrected chi connectivity index (χ1v) is 7.90. The first-order chi connectivity index (χ1) is 10.2. The van der Waals surface area contributed by atoms with E-state index in [1.807, 2.05) is 0 Å². The smallest absolute Gasteiger partial charge is 0.251 e. The Balaban J connectivity index is 1.88. The van der Waals surface area contributed by atoms with E-state index in [2.05, 4.69) is 17.6 Å². The average molecular weight is 288 g/mol. The van der Waals surface area contributed by atoms with Gasteiger partial charge >= 0.3 is 0 Å². The minimum atomic E-state index is -0.0776. The van der Waals surface area contributed by atoms with E-state index in [0.717, 1.165) is 25.7 Å². The van der Waals surface area contributed by atoms with Gasteiger partial charge in [-0.25, -0.2) is 0 Å². The van der Waals surface area contributed by atoms with Crippen LogP contribution in [0.5, 0.6) is 0 Å². The summed E-state index contributed by atoms with van der Waals surface area (Å²) in [4.78, 5) is 23.9. The zero-order chi connectivity index (χ0) is 15.1. The normalized spacial score (nSPS) is 14.9. The summed E-state index contributed by atoms with van der Waals surface area (Å²) in [5.41, 5.74) is 1.22. The molecule has 1 aliphatic rings. The Kier molecular flexibility index (Phi) is 5.78. The standard InChI is InChI=1S/C17H24N2O2/c1-2-3-12-18-16(20)13-8-10-14(11-9-13)17(21)19-15-6-4-5-7-15/h8-11,15H,2-7,12H2,1H3,(H,18,20)(H,19,21). The second kappa shape index (κ2) is 7.81. The molecule has 114 valence electrons. The van der Waals surface area contributed by atoms with Crippen LogP contribution in [0.3, 0.4) is 0 Å². The van der Waals surface area contributed by atoms with Gasteiger partial charge in [-0.3, -0.25) is 9.59 Å². The van der Waals surface area contributed by atoms with Crippen LogP contribution in [0.15, 0.2) is 24.3 Å². The van der Waals surface area contributed by atoms with Crippen molar-refractivity contribution in [1.29, 1.82) is 0 Å². The van der Waals surface area contributed by atoms with Crippen molar-refractivity contribution in [1.82, 2.24) is 10.6 Å². The molecule has 2 amide bonds. The highest BCUT2D eigenvalue weighted by Crippen LogP contribution is 2.18. The van der Waals surface area contributed by atoms with Crippen LogP contribution >= 0.6 is 0 Å². The van der Waals surface area contributed by atoms with E-state index in [0.29, 0.717) is 23.7 Å². The van der Waals surface area contributed by atoms with Gasteiger partial charge in [0.2, 0.25) is 0 Å². The molecule has 0 saturated heterocycles. The second-order valence-corrected chi connectivity index (χ2v) is 5.64. The number of unbranched alkanes of at least 4 members (excludes halogenated alkanes) is 1. The molecular weight excluding hydrogens is 264 g/mol. The first kappa shape index (κ1) is 15.5. The van der Waals surface area contributed by atoms with E-state index in [-0.39, 0.29) is 11.8 Å². The number of benzene rings is 1. The number of amides is 2. The minimum Gasteiger partial charge on any atom is -0.352 e. The summed E-state index contributed by atoms with van der Waals surface area (Å²) in [7, 11) is 0. The molecule has 4 nitrogen and oxygen atoms in total. The number of hydrogen-bond donors (Lipinski definition) is 2. The summed E-state index contributed by atoms with van der Waals surface area (Å²) in [6.07, 6.45) is 6.57. The Labute approximate surface area is 126 Å². The molecule has 0 atom stereocenters. The van der Waals surface area contributed by atoms with Crippen molar-refractivity contribution in [3.05, 3.63) is 35.4 Å². The zero-order valence-corrected chi connectivity index (χ0v) is 12.7. The summed E-state index contributed by atoms with van der Waals surface area (Å²) in [5, 5.41) is 5.91. The van der Waals surface area contributed by atoms with Crippen LogP contribution in [-0.4, -0.2) is 24.4 Å². The highest BCUT2D eigenvalue weighted by atomic mass is 16.2. The molecular formula is C17H24N2O2. The molecule has 1 saturated carbocycles. The maximum absolute atomic E-state index is 12.1. The lowest BCUT2D eigenvalue weighted by Gasteiger charge is -2.12. The van der Waals surface area contributed by atoms with Gasteiger partial charge in [-0.15, -0.1) is 0 Å². The van der Waals surface area contributed by atoms with E-state index >= 15 is 0 Å². The van der Waals surface area contributed by atoms with Crippen LogP contribution < -0.4 is 10.6 Å². The highest BCUT2D eigenvalue weighted by Gasteiger charge is 2.18. The molecule has 0 aromatic heterocycles. The van der Waals surface area contributed by atoms with Crippen LogP contribution in [0, 0.1) is 0 Å². The lowest BCUT2D eigenvalue weighted by Crippen LogP contribution is -2.32. The predicted octanol–water partition coefficient (Wildman–Crippen LogP) is 2.89. The molecule has 4 heteroatoms. The maximum atomic E-state index is 12.1. The Morgan fingerprint density at radius 2 is 1.62 bits per heavy atom. The van der Waals surface area contributed by atoms with Gasteiger partial charge in [-0.2, -0.15) is 0 Å². The van der Waals surface area contributed by atoms with Crippen molar-refractivity contribution in [3.63, 3.8) is 0 Å². The SMILES string of the molecule is CCCCNC(=O)c1ccc(C(=O)NC2CCCC2)cc1. The third kappa shape index (κ3) is 4.59. The van der Waals surface area contributed by atoms with E-state index in [1.165, 1.54) is 12.8 Å².